The lowest BCUT2D eigenvalue weighted by Gasteiger charge is -2.47. The van der Waals surface area contributed by atoms with E-state index in [0.29, 0.717) is 49.4 Å². The molecule has 0 bridgehead atoms. The summed E-state index contributed by atoms with van der Waals surface area (Å²) >= 11 is 6.16. The van der Waals surface area contributed by atoms with Crippen molar-refractivity contribution in [2.45, 2.75) is 49.5 Å². The van der Waals surface area contributed by atoms with Gasteiger partial charge in [-0.3, -0.25) is 4.79 Å². The highest BCUT2D eigenvalue weighted by Crippen LogP contribution is 2.55. The summed E-state index contributed by atoms with van der Waals surface area (Å²) in [5.74, 6) is -0.905. The number of carboxylic acid groups (broad SMARTS) is 1. The third-order valence-corrected chi connectivity index (χ3v) is 8.75. The van der Waals surface area contributed by atoms with Crippen molar-refractivity contribution in [2.75, 3.05) is 18.9 Å². The van der Waals surface area contributed by atoms with Crippen LogP contribution in [0.3, 0.4) is 0 Å². The number of anilines is 1. The second-order valence-electron chi connectivity index (χ2n) is 10.6. The Bertz CT molecular complexity index is 1280. The van der Waals surface area contributed by atoms with E-state index in [1.54, 1.807) is 12.1 Å². The van der Waals surface area contributed by atoms with E-state index in [0.717, 1.165) is 6.42 Å². The third kappa shape index (κ3) is 4.85. The molecule has 37 heavy (non-hydrogen) atoms. The first-order valence-corrected chi connectivity index (χ1v) is 13.4. The summed E-state index contributed by atoms with van der Waals surface area (Å²) in [6.07, 6.45) is 3.63. The Morgan fingerprint density at radius 1 is 0.973 bits per heavy atom. The van der Waals surface area contributed by atoms with E-state index in [9.17, 15) is 14.7 Å². The second kappa shape index (κ2) is 10.2. The van der Waals surface area contributed by atoms with E-state index in [2.05, 4.69) is 29.6 Å². The zero-order valence-electron chi connectivity index (χ0n) is 21.1. The van der Waals surface area contributed by atoms with E-state index < -0.39 is 11.5 Å². The summed E-state index contributed by atoms with van der Waals surface area (Å²) in [4.78, 5) is 28.4. The van der Waals surface area contributed by atoms with Gasteiger partial charge in [0.15, 0.2) is 0 Å². The van der Waals surface area contributed by atoms with Crippen LogP contribution < -0.4 is 5.32 Å². The van der Waals surface area contributed by atoms with Crippen LogP contribution in [-0.2, 0) is 27.8 Å². The van der Waals surface area contributed by atoms with Crippen LogP contribution in [0.1, 0.15) is 42.4 Å². The Balaban J connectivity index is 1.39. The molecule has 2 aliphatic carbocycles. The molecule has 1 amide bonds. The number of carboxylic acids is 1. The third-order valence-electron chi connectivity index (χ3n) is 8.51. The van der Waals surface area contributed by atoms with Crippen LogP contribution in [0.5, 0.6) is 0 Å². The smallest absolute Gasteiger partial charge is 0.329 e. The van der Waals surface area contributed by atoms with Gasteiger partial charge < -0.3 is 15.3 Å². The lowest BCUT2D eigenvalue weighted by molar-refractivity contribution is -0.144. The van der Waals surface area contributed by atoms with Crippen molar-refractivity contribution < 1.29 is 14.7 Å². The fourth-order valence-corrected chi connectivity index (χ4v) is 6.59. The molecule has 6 heteroatoms. The van der Waals surface area contributed by atoms with Crippen molar-refractivity contribution in [1.29, 1.82) is 0 Å². The summed E-state index contributed by atoms with van der Waals surface area (Å²) in [6.45, 7) is 0.654. The van der Waals surface area contributed by atoms with Crippen molar-refractivity contribution in [1.82, 2.24) is 4.90 Å². The van der Waals surface area contributed by atoms with Gasteiger partial charge in [-0.05, 0) is 73.4 Å². The van der Waals surface area contributed by atoms with Crippen LogP contribution in [0.25, 0.3) is 0 Å². The van der Waals surface area contributed by atoms with Gasteiger partial charge in [0, 0.05) is 29.7 Å². The van der Waals surface area contributed by atoms with E-state index in [1.807, 2.05) is 54.4 Å². The van der Waals surface area contributed by atoms with E-state index in [4.69, 9.17) is 11.6 Å². The molecule has 3 aromatic rings. The number of amides is 1. The number of likely N-dealkylation sites (N-methyl/N-ethyl adjacent to an activating group) is 1. The van der Waals surface area contributed by atoms with Crippen molar-refractivity contribution >= 4 is 29.2 Å². The Labute approximate surface area is 223 Å². The maximum absolute atomic E-state index is 13.9. The highest BCUT2D eigenvalue weighted by atomic mass is 35.5. The number of aliphatic carboxylic acids is 1. The van der Waals surface area contributed by atoms with Gasteiger partial charge in [0.25, 0.3) is 0 Å². The zero-order chi connectivity index (χ0) is 26.0. The standard InChI is InChI=1S/C31H33ClN2O3/c1-34(19-14-22-8-3-2-4-9-22)28(35)27-20-23-10-5-6-13-26(23)30(27)15-17-31(18-16-30,29(36)37)33-25-12-7-11-24(32)21-25/h2-13,21,27,33H,14-20H2,1H3,(H,36,37). The number of benzene rings is 3. The van der Waals surface area contributed by atoms with E-state index in [1.165, 1.54) is 16.7 Å². The minimum absolute atomic E-state index is 0.151. The largest absolute Gasteiger partial charge is 0.480 e. The lowest BCUT2D eigenvalue weighted by atomic mass is 9.60. The number of halogens is 1. The predicted octanol–water partition coefficient (Wildman–Crippen LogP) is 5.96. The van der Waals surface area contributed by atoms with Crippen LogP contribution in [-0.4, -0.2) is 41.0 Å². The SMILES string of the molecule is CN(CCc1ccccc1)C(=O)C1Cc2ccccc2C12CCC(Nc1cccc(Cl)c1)(C(=O)O)CC2. The predicted molar refractivity (Wildman–Crippen MR) is 147 cm³/mol. The van der Waals surface area contributed by atoms with Crippen LogP contribution in [0, 0.1) is 5.92 Å². The summed E-state index contributed by atoms with van der Waals surface area (Å²) in [7, 11) is 1.90. The molecule has 0 saturated heterocycles. The summed E-state index contributed by atoms with van der Waals surface area (Å²) in [5, 5.41) is 14.2. The molecule has 1 fully saturated rings. The summed E-state index contributed by atoms with van der Waals surface area (Å²) < 4.78 is 0. The molecule has 5 nitrogen and oxygen atoms in total. The molecular formula is C31H33ClN2O3. The maximum Gasteiger partial charge on any atom is 0.329 e. The van der Waals surface area contributed by atoms with Crippen molar-refractivity contribution in [3.63, 3.8) is 0 Å². The Morgan fingerprint density at radius 2 is 1.68 bits per heavy atom. The molecule has 1 unspecified atom stereocenters. The Kier molecular flexibility index (Phi) is 7.00. The zero-order valence-corrected chi connectivity index (χ0v) is 21.9. The van der Waals surface area contributed by atoms with Gasteiger partial charge in [0.2, 0.25) is 5.91 Å². The quantitative estimate of drug-likeness (QED) is 0.406. The first kappa shape index (κ1) is 25.3. The molecule has 5 rings (SSSR count). The molecule has 0 heterocycles. The molecule has 192 valence electrons. The van der Waals surface area contributed by atoms with Gasteiger partial charge in [-0.1, -0.05) is 72.3 Å². The minimum atomic E-state index is -1.10. The summed E-state index contributed by atoms with van der Waals surface area (Å²) in [5.41, 5.74) is 2.88. The van der Waals surface area contributed by atoms with Crippen LogP contribution >= 0.6 is 11.6 Å². The fraction of sp³-hybridized carbons (Fsp3) is 0.355. The highest BCUT2D eigenvalue weighted by Gasteiger charge is 2.56. The minimum Gasteiger partial charge on any atom is -0.480 e. The topological polar surface area (TPSA) is 69.6 Å². The van der Waals surface area contributed by atoms with Crippen LogP contribution in [0.4, 0.5) is 5.69 Å². The highest BCUT2D eigenvalue weighted by molar-refractivity contribution is 6.30. The number of fused-ring (bicyclic) bond motifs is 2. The van der Waals surface area contributed by atoms with Gasteiger partial charge in [-0.25, -0.2) is 4.79 Å². The molecule has 0 aliphatic heterocycles. The molecule has 1 saturated carbocycles. The molecular weight excluding hydrogens is 484 g/mol. The maximum atomic E-state index is 13.9. The number of hydrogen-bond acceptors (Lipinski definition) is 3. The molecule has 2 N–H and O–H groups in total. The molecule has 2 aliphatic rings. The van der Waals surface area contributed by atoms with Crippen LogP contribution in [0.15, 0.2) is 78.9 Å². The molecule has 1 atom stereocenters. The number of carbonyl (C=O) groups excluding carboxylic acids is 1. The van der Waals surface area contributed by atoms with Crippen LogP contribution in [0.2, 0.25) is 5.02 Å². The first-order chi connectivity index (χ1) is 17.8. The van der Waals surface area contributed by atoms with Gasteiger partial charge in [-0.15, -0.1) is 0 Å². The van der Waals surface area contributed by atoms with Crippen molar-refractivity contribution in [3.05, 3.63) is 101 Å². The second-order valence-corrected chi connectivity index (χ2v) is 11.0. The van der Waals surface area contributed by atoms with Gasteiger partial charge in [0.05, 0.1) is 5.92 Å². The first-order valence-electron chi connectivity index (χ1n) is 13.0. The molecule has 3 aromatic carbocycles. The number of nitrogens with zero attached hydrogens (tertiary/aromatic N) is 1. The fourth-order valence-electron chi connectivity index (χ4n) is 6.40. The van der Waals surface area contributed by atoms with Crippen molar-refractivity contribution in [2.24, 2.45) is 5.92 Å². The normalized spacial score (nSPS) is 24.4. The molecule has 0 radical (unpaired) electrons. The van der Waals surface area contributed by atoms with E-state index >= 15 is 0 Å². The van der Waals surface area contributed by atoms with Gasteiger partial charge >= 0.3 is 5.97 Å². The number of nitrogens with one attached hydrogen (secondary N) is 1. The summed E-state index contributed by atoms with van der Waals surface area (Å²) in [6, 6.07) is 25.8. The molecule has 1 spiro atoms. The average Bonchev–Trinajstić information content (AvgIpc) is 3.22. The number of carbonyl (C=O) groups is 2. The molecule has 0 aromatic heterocycles. The monoisotopic (exact) mass is 516 g/mol. The van der Waals surface area contributed by atoms with Gasteiger partial charge in [-0.2, -0.15) is 0 Å². The van der Waals surface area contributed by atoms with Crippen molar-refractivity contribution in [3.8, 4) is 0 Å². The Hall–Kier alpha value is -3.31. The van der Waals surface area contributed by atoms with E-state index in [-0.39, 0.29) is 17.2 Å². The number of hydrogen-bond donors (Lipinski definition) is 2. The lowest BCUT2D eigenvalue weighted by Crippen LogP contribution is -2.54. The van der Waals surface area contributed by atoms with Gasteiger partial charge in [0.1, 0.15) is 5.54 Å². The Morgan fingerprint density at radius 3 is 2.38 bits per heavy atom. The number of rotatable bonds is 7. The average molecular weight is 517 g/mol.